The van der Waals surface area contributed by atoms with Crippen molar-refractivity contribution in [2.45, 2.75) is 17.7 Å². The summed E-state index contributed by atoms with van der Waals surface area (Å²) in [7, 11) is -1.20. The number of aromatic nitrogens is 2. The van der Waals surface area contributed by atoms with Crippen LogP contribution in [0, 0.1) is 5.92 Å². The molecule has 118 valence electrons. The molecule has 1 aromatic rings. The summed E-state index contributed by atoms with van der Waals surface area (Å²) in [5.41, 5.74) is 4.15. The molecule has 1 unspecified atom stereocenters. The highest BCUT2D eigenvalue weighted by Gasteiger charge is 2.34. The molecule has 1 fully saturated rings. The third kappa shape index (κ3) is 2.81. The number of sulfonamides is 1. The molecule has 0 spiro atoms. The highest BCUT2D eigenvalue weighted by molar-refractivity contribution is 7.89. The van der Waals surface area contributed by atoms with E-state index in [1.54, 1.807) is 0 Å². The first-order valence-corrected chi connectivity index (χ1v) is 8.20. The summed E-state index contributed by atoms with van der Waals surface area (Å²) in [6.45, 7) is 1.25. The van der Waals surface area contributed by atoms with Gasteiger partial charge < -0.3 is 10.3 Å². The third-order valence-electron chi connectivity index (χ3n) is 3.86. The number of aryl methyl sites for hydroxylation is 1. The number of rotatable bonds is 4. The van der Waals surface area contributed by atoms with Crippen LogP contribution >= 0.6 is 0 Å². The predicted octanol–water partition coefficient (Wildman–Crippen LogP) is -1.56. The molecule has 2 heterocycles. The summed E-state index contributed by atoms with van der Waals surface area (Å²) < 4.78 is 28.4. The molecule has 0 radical (unpaired) electrons. The quantitative estimate of drug-likeness (QED) is 0.723. The number of nitrogens with zero attached hydrogens (tertiary/aromatic N) is 3. The lowest BCUT2D eigenvalue weighted by atomic mass is 10.1. The minimum Gasteiger partial charge on any atom is -0.330 e. The highest BCUT2D eigenvalue weighted by atomic mass is 32.2. The summed E-state index contributed by atoms with van der Waals surface area (Å²) in [4.78, 5) is 23.3. The summed E-state index contributed by atoms with van der Waals surface area (Å²) in [5.74, 6) is 0.223. The fourth-order valence-electron chi connectivity index (χ4n) is 2.58. The monoisotopic (exact) mass is 316 g/mol. The van der Waals surface area contributed by atoms with Crippen LogP contribution in [0.2, 0.25) is 0 Å². The Morgan fingerprint density at radius 3 is 2.62 bits per heavy atom. The fraction of sp³-hybridized carbons (Fsp3) is 0.667. The SMILES string of the molecule is Cn1cc(S(=O)(=O)N2CCC(CCN)C2)c(=O)n(C)c1=O. The molecular weight excluding hydrogens is 296 g/mol. The molecule has 2 N–H and O–H groups in total. The van der Waals surface area contributed by atoms with Gasteiger partial charge in [0.05, 0.1) is 0 Å². The van der Waals surface area contributed by atoms with Crippen LogP contribution in [-0.2, 0) is 24.1 Å². The van der Waals surface area contributed by atoms with Crippen LogP contribution in [0.5, 0.6) is 0 Å². The number of hydrogen-bond acceptors (Lipinski definition) is 5. The van der Waals surface area contributed by atoms with E-state index in [2.05, 4.69) is 0 Å². The van der Waals surface area contributed by atoms with Crippen molar-refractivity contribution in [3.63, 3.8) is 0 Å². The third-order valence-corrected chi connectivity index (χ3v) is 5.70. The second-order valence-corrected chi connectivity index (χ2v) is 7.25. The van der Waals surface area contributed by atoms with Gasteiger partial charge in [-0.3, -0.25) is 9.36 Å². The molecule has 1 atom stereocenters. The Hall–Kier alpha value is -1.45. The van der Waals surface area contributed by atoms with E-state index >= 15 is 0 Å². The zero-order valence-electron chi connectivity index (χ0n) is 12.2. The largest absolute Gasteiger partial charge is 0.330 e. The summed E-state index contributed by atoms with van der Waals surface area (Å²) >= 11 is 0. The minimum atomic E-state index is -3.88. The van der Waals surface area contributed by atoms with E-state index in [1.807, 2.05) is 0 Å². The van der Waals surface area contributed by atoms with E-state index in [4.69, 9.17) is 5.73 Å². The van der Waals surface area contributed by atoms with E-state index in [1.165, 1.54) is 18.4 Å². The lowest BCUT2D eigenvalue weighted by molar-refractivity contribution is 0.446. The van der Waals surface area contributed by atoms with Gasteiger partial charge in [0.1, 0.15) is 0 Å². The molecule has 0 saturated carbocycles. The van der Waals surface area contributed by atoms with Crippen molar-refractivity contribution in [2.24, 2.45) is 25.7 Å². The van der Waals surface area contributed by atoms with Gasteiger partial charge in [-0.25, -0.2) is 13.2 Å². The van der Waals surface area contributed by atoms with Gasteiger partial charge >= 0.3 is 5.69 Å². The second-order valence-electron chi connectivity index (χ2n) is 5.35. The summed E-state index contributed by atoms with van der Waals surface area (Å²) in [6, 6.07) is 0. The Morgan fingerprint density at radius 2 is 2.00 bits per heavy atom. The Bertz CT molecular complexity index is 750. The van der Waals surface area contributed by atoms with E-state index < -0.39 is 21.3 Å². The normalized spacial score (nSPS) is 20.0. The topological polar surface area (TPSA) is 107 Å². The van der Waals surface area contributed by atoms with Crippen LogP contribution in [0.15, 0.2) is 20.7 Å². The van der Waals surface area contributed by atoms with Crippen LogP contribution in [0.1, 0.15) is 12.8 Å². The molecular formula is C12H20N4O4S. The summed E-state index contributed by atoms with van der Waals surface area (Å²) in [5, 5.41) is 0. The van der Waals surface area contributed by atoms with Crippen molar-refractivity contribution in [3.8, 4) is 0 Å². The fourth-order valence-corrected chi connectivity index (χ4v) is 4.26. The predicted molar refractivity (Wildman–Crippen MR) is 77.5 cm³/mol. The molecule has 8 nitrogen and oxygen atoms in total. The molecule has 1 aliphatic heterocycles. The van der Waals surface area contributed by atoms with Gasteiger partial charge in [-0.1, -0.05) is 0 Å². The molecule has 2 rings (SSSR count). The van der Waals surface area contributed by atoms with Crippen LogP contribution in [0.3, 0.4) is 0 Å². The van der Waals surface area contributed by atoms with Crippen LogP contribution in [0.4, 0.5) is 0 Å². The zero-order valence-corrected chi connectivity index (χ0v) is 13.0. The Labute approximate surface area is 122 Å². The molecule has 1 aliphatic rings. The maximum Gasteiger partial charge on any atom is 0.330 e. The molecule has 1 aromatic heterocycles. The first-order valence-electron chi connectivity index (χ1n) is 6.76. The maximum absolute atomic E-state index is 12.6. The van der Waals surface area contributed by atoms with Gasteiger partial charge in [-0.15, -0.1) is 0 Å². The highest BCUT2D eigenvalue weighted by Crippen LogP contribution is 2.24. The van der Waals surface area contributed by atoms with Gasteiger partial charge in [0.15, 0.2) is 4.90 Å². The standard InChI is InChI=1S/C12H20N4O4S/c1-14-8-10(11(17)15(2)12(14)18)21(19,20)16-6-4-9(7-16)3-5-13/h8-9H,3-7,13H2,1-2H3. The van der Waals surface area contributed by atoms with Crippen molar-refractivity contribution in [1.82, 2.24) is 13.4 Å². The lowest BCUT2D eigenvalue weighted by Crippen LogP contribution is -2.42. The average molecular weight is 316 g/mol. The van der Waals surface area contributed by atoms with E-state index in [0.29, 0.717) is 19.6 Å². The lowest BCUT2D eigenvalue weighted by Gasteiger charge is -2.17. The smallest absolute Gasteiger partial charge is 0.330 e. The molecule has 0 amide bonds. The Balaban J connectivity index is 2.42. The molecule has 0 aliphatic carbocycles. The van der Waals surface area contributed by atoms with Gasteiger partial charge in [-0.05, 0) is 25.3 Å². The Kier molecular flexibility index (Phi) is 4.35. The molecule has 21 heavy (non-hydrogen) atoms. The molecule has 9 heteroatoms. The second kappa shape index (κ2) is 5.74. The number of nitrogens with two attached hydrogens (primary N) is 1. The van der Waals surface area contributed by atoms with E-state index in [-0.39, 0.29) is 10.8 Å². The van der Waals surface area contributed by atoms with Crippen molar-refractivity contribution >= 4 is 10.0 Å². The van der Waals surface area contributed by atoms with Crippen molar-refractivity contribution < 1.29 is 8.42 Å². The van der Waals surface area contributed by atoms with Crippen molar-refractivity contribution in [3.05, 3.63) is 27.0 Å². The van der Waals surface area contributed by atoms with E-state index in [0.717, 1.165) is 28.2 Å². The van der Waals surface area contributed by atoms with Crippen LogP contribution in [0.25, 0.3) is 0 Å². The minimum absolute atomic E-state index is 0.223. The van der Waals surface area contributed by atoms with E-state index in [9.17, 15) is 18.0 Å². The van der Waals surface area contributed by atoms with Crippen LogP contribution < -0.4 is 17.0 Å². The zero-order chi connectivity index (χ0) is 15.8. The summed E-state index contributed by atoms with van der Waals surface area (Å²) in [6.07, 6.45) is 2.59. The van der Waals surface area contributed by atoms with Gasteiger partial charge in [-0.2, -0.15) is 4.31 Å². The first kappa shape index (κ1) is 15.9. The average Bonchev–Trinajstić information content (AvgIpc) is 2.90. The Morgan fingerprint density at radius 1 is 1.33 bits per heavy atom. The molecule has 1 saturated heterocycles. The first-order chi connectivity index (χ1) is 9.78. The van der Waals surface area contributed by atoms with Gasteiger partial charge in [0, 0.05) is 33.4 Å². The van der Waals surface area contributed by atoms with Gasteiger partial charge in [0.25, 0.3) is 5.56 Å². The molecule has 0 aromatic carbocycles. The van der Waals surface area contributed by atoms with Crippen molar-refractivity contribution in [1.29, 1.82) is 0 Å². The number of hydrogen-bond donors (Lipinski definition) is 1. The van der Waals surface area contributed by atoms with Crippen LogP contribution in [-0.4, -0.2) is 41.5 Å². The molecule has 0 bridgehead atoms. The maximum atomic E-state index is 12.6. The van der Waals surface area contributed by atoms with Gasteiger partial charge in [0.2, 0.25) is 10.0 Å². The van der Waals surface area contributed by atoms with Crippen molar-refractivity contribution in [2.75, 3.05) is 19.6 Å².